The van der Waals surface area contributed by atoms with E-state index in [1.54, 1.807) is 0 Å². The minimum Gasteiger partial charge on any atom is -0.445 e. The van der Waals surface area contributed by atoms with E-state index in [9.17, 15) is 14.3 Å². The molecule has 5 heteroatoms. The number of hydrogen-bond acceptors (Lipinski definition) is 3. The number of carbonyl (C=O) groups excluding carboxylic acids is 1. The molecule has 0 spiro atoms. The number of carbonyl (C=O) groups is 1. The first-order valence-electron chi connectivity index (χ1n) is 5.93. The van der Waals surface area contributed by atoms with Gasteiger partial charge in [0.2, 0.25) is 0 Å². The van der Waals surface area contributed by atoms with E-state index >= 15 is 0 Å². The summed E-state index contributed by atoms with van der Waals surface area (Å²) in [5.41, 5.74) is 0.875. The summed E-state index contributed by atoms with van der Waals surface area (Å²) in [5, 5.41) is 9.39. The van der Waals surface area contributed by atoms with Crippen LogP contribution in [0.2, 0.25) is 0 Å². The summed E-state index contributed by atoms with van der Waals surface area (Å²) in [6, 6.07) is 9.27. The molecular formula is C13H16FNO3. The Morgan fingerprint density at radius 3 is 2.78 bits per heavy atom. The van der Waals surface area contributed by atoms with Gasteiger partial charge in [-0.25, -0.2) is 9.18 Å². The average Bonchev–Trinajstić information content (AvgIpc) is 2.36. The van der Waals surface area contributed by atoms with Crippen molar-refractivity contribution < 1.29 is 19.0 Å². The van der Waals surface area contributed by atoms with Crippen molar-refractivity contribution in [3.63, 3.8) is 0 Å². The van der Waals surface area contributed by atoms with Gasteiger partial charge in [0.15, 0.2) is 0 Å². The molecule has 1 aliphatic rings. The third kappa shape index (κ3) is 3.43. The van der Waals surface area contributed by atoms with Crippen molar-refractivity contribution in [1.82, 2.24) is 4.90 Å². The van der Waals surface area contributed by atoms with E-state index in [4.69, 9.17) is 4.74 Å². The van der Waals surface area contributed by atoms with E-state index in [0.717, 1.165) is 5.56 Å². The Kier molecular flexibility index (Phi) is 4.15. The van der Waals surface area contributed by atoms with Crippen LogP contribution >= 0.6 is 0 Å². The zero-order valence-electron chi connectivity index (χ0n) is 9.96. The molecule has 0 unspecified atom stereocenters. The highest BCUT2D eigenvalue weighted by Gasteiger charge is 2.29. The van der Waals surface area contributed by atoms with E-state index in [0.29, 0.717) is 0 Å². The lowest BCUT2D eigenvalue weighted by Crippen LogP contribution is -2.47. The van der Waals surface area contributed by atoms with Gasteiger partial charge in [-0.2, -0.15) is 0 Å². The minimum atomic E-state index is -1.18. The second-order valence-electron chi connectivity index (χ2n) is 4.43. The van der Waals surface area contributed by atoms with Crippen molar-refractivity contribution in [2.45, 2.75) is 25.3 Å². The van der Waals surface area contributed by atoms with Gasteiger partial charge >= 0.3 is 6.09 Å². The zero-order valence-corrected chi connectivity index (χ0v) is 9.96. The molecule has 0 aromatic heterocycles. The highest BCUT2D eigenvalue weighted by atomic mass is 19.1. The Bertz CT molecular complexity index is 388. The predicted molar refractivity (Wildman–Crippen MR) is 63.7 cm³/mol. The number of β-amino-alcohol motifs (C(OH)–C–C–N with tert-alkyl or cyclic N) is 1. The molecule has 4 nitrogen and oxygen atoms in total. The van der Waals surface area contributed by atoms with Crippen LogP contribution in [0.3, 0.4) is 0 Å². The SMILES string of the molecule is O=C(OCc1ccccc1)N1C[C@H](O)C[C@@H](F)C1. The maximum Gasteiger partial charge on any atom is 0.410 e. The molecule has 1 N–H and O–H groups in total. The number of hydrogen-bond donors (Lipinski definition) is 1. The van der Waals surface area contributed by atoms with Gasteiger partial charge in [-0.1, -0.05) is 30.3 Å². The zero-order chi connectivity index (χ0) is 13.0. The van der Waals surface area contributed by atoms with Crippen LogP contribution in [0.5, 0.6) is 0 Å². The summed E-state index contributed by atoms with van der Waals surface area (Å²) in [7, 11) is 0. The van der Waals surface area contributed by atoms with Crippen LogP contribution in [0.4, 0.5) is 9.18 Å². The molecule has 1 fully saturated rings. The molecule has 1 amide bonds. The second-order valence-corrected chi connectivity index (χ2v) is 4.43. The normalized spacial score (nSPS) is 23.8. The molecule has 1 heterocycles. The minimum absolute atomic E-state index is 0.00924. The maximum absolute atomic E-state index is 13.2. The lowest BCUT2D eigenvalue weighted by atomic mass is 10.1. The lowest BCUT2D eigenvalue weighted by molar-refractivity contribution is 0.0161. The third-order valence-corrected chi connectivity index (χ3v) is 2.84. The number of ether oxygens (including phenoxy) is 1. The van der Waals surface area contributed by atoms with Crippen molar-refractivity contribution in [2.24, 2.45) is 0 Å². The fourth-order valence-corrected chi connectivity index (χ4v) is 1.97. The molecule has 0 radical (unpaired) electrons. The number of nitrogens with zero attached hydrogens (tertiary/aromatic N) is 1. The van der Waals surface area contributed by atoms with Crippen molar-refractivity contribution in [2.75, 3.05) is 13.1 Å². The first-order chi connectivity index (χ1) is 8.65. The van der Waals surface area contributed by atoms with Gasteiger partial charge in [-0.15, -0.1) is 0 Å². The largest absolute Gasteiger partial charge is 0.445 e. The third-order valence-electron chi connectivity index (χ3n) is 2.84. The van der Waals surface area contributed by atoms with Crippen LogP contribution in [0.15, 0.2) is 30.3 Å². The summed E-state index contributed by atoms with van der Waals surface area (Å²) in [6.45, 7) is 0.280. The summed E-state index contributed by atoms with van der Waals surface area (Å²) in [5.74, 6) is 0. The highest BCUT2D eigenvalue weighted by Crippen LogP contribution is 2.15. The smallest absolute Gasteiger partial charge is 0.410 e. The van der Waals surface area contributed by atoms with E-state index < -0.39 is 18.4 Å². The van der Waals surface area contributed by atoms with E-state index in [2.05, 4.69) is 0 Å². The Balaban J connectivity index is 1.84. The van der Waals surface area contributed by atoms with Crippen LogP contribution in [0.1, 0.15) is 12.0 Å². The molecule has 1 aliphatic heterocycles. The number of rotatable bonds is 2. The number of piperidine rings is 1. The van der Waals surface area contributed by atoms with Crippen molar-refractivity contribution in [3.05, 3.63) is 35.9 Å². The van der Waals surface area contributed by atoms with Gasteiger partial charge < -0.3 is 14.7 Å². The number of halogens is 1. The average molecular weight is 253 g/mol. The van der Waals surface area contributed by atoms with E-state index in [-0.39, 0.29) is 26.1 Å². The second kappa shape index (κ2) is 5.82. The summed E-state index contributed by atoms with van der Waals surface area (Å²) < 4.78 is 18.3. The molecule has 0 aliphatic carbocycles. The number of aliphatic hydroxyl groups is 1. The fourth-order valence-electron chi connectivity index (χ4n) is 1.97. The van der Waals surface area contributed by atoms with Gasteiger partial charge in [-0.3, -0.25) is 0 Å². The lowest BCUT2D eigenvalue weighted by Gasteiger charge is -2.31. The van der Waals surface area contributed by atoms with Crippen molar-refractivity contribution in [1.29, 1.82) is 0 Å². The molecule has 2 rings (SSSR count). The first-order valence-corrected chi connectivity index (χ1v) is 5.93. The van der Waals surface area contributed by atoms with E-state index in [1.807, 2.05) is 30.3 Å². The summed E-state index contributed by atoms with van der Waals surface area (Å²) >= 11 is 0. The highest BCUT2D eigenvalue weighted by molar-refractivity contribution is 5.67. The van der Waals surface area contributed by atoms with Gasteiger partial charge in [0.05, 0.1) is 19.2 Å². The fraction of sp³-hybridized carbons (Fsp3) is 0.462. The van der Waals surface area contributed by atoms with E-state index in [1.165, 1.54) is 4.90 Å². The number of likely N-dealkylation sites (tertiary alicyclic amines) is 1. The standard InChI is InChI=1S/C13H16FNO3/c14-11-6-12(16)8-15(7-11)13(17)18-9-10-4-2-1-3-5-10/h1-5,11-12,16H,6-9H2/t11-,12-/m1/s1. The Morgan fingerprint density at radius 1 is 1.39 bits per heavy atom. The van der Waals surface area contributed by atoms with Gasteiger partial charge in [0.25, 0.3) is 0 Å². The monoisotopic (exact) mass is 253 g/mol. The van der Waals surface area contributed by atoms with Crippen LogP contribution in [0, 0.1) is 0 Å². The molecule has 1 saturated heterocycles. The number of alkyl halides is 1. The summed E-state index contributed by atoms with van der Waals surface area (Å²) in [6.07, 6.45) is -2.49. The molecule has 1 aromatic carbocycles. The molecule has 0 saturated carbocycles. The van der Waals surface area contributed by atoms with Crippen LogP contribution in [0.25, 0.3) is 0 Å². The van der Waals surface area contributed by atoms with Gasteiger partial charge in [-0.05, 0) is 5.56 Å². The summed E-state index contributed by atoms with van der Waals surface area (Å²) in [4.78, 5) is 12.9. The molecular weight excluding hydrogens is 237 g/mol. The van der Waals surface area contributed by atoms with Crippen LogP contribution in [-0.2, 0) is 11.3 Å². The van der Waals surface area contributed by atoms with Gasteiger partial charge in [0, 0.05) is 6.42 Å². The Hall–Kier alpha value is -1.62. The first kappa shape index (κ1) is 12.8. The van der Waals surface area contributed by atoms with Gasteiger partial charge in [0.1, 0.15) is 12.8 Å². The molecule has 2 atom stereocenters. The molecule has 0 bridgehead atoms. The number of aliphatic hydroxyl groups excluding tert-OH is 1. The topological polar surface area (TPSA) is 49.8 Å². The number of benzene rings is 1. The molecule has 18 heavy (non-hydrogen) atoms. The molecule has 98 valence electrons. The Morgan fingerprint density at radius 2 is 2.11 bits per heavy atom. The van der Waals surface area contributed by atoms with Crippen LogP contribution in [-0.4, -0.2) is 41.5 Å². The Labute approximate surface area is 105 Å². The predicted octanol–water partition coefficient (Wildman–Crippen LogP) is 1.73. The van der Waals surface area contributed by atoms with Crippen molar-refractivity contribution >= 4 is 6.09 Å². The maximum atomic E-state index is 13.2. The molecule has 1 aromatic rings. The van der Waals surface area contributed by atoms with Crippen molar-refractivity contribution in [3.8, 4) is 0 Å². The van der Waals surface area contributed by atoms with Crippen LogP contribution < -0.4 is 0 Å². The quantitative estimate of drug-likeness (QED) is 0.873. The number of amides is 1.